The van der Waals surface area contributed by atoms with Gasteiger partial charge in [0.15, 0.2) is 11.6 Å². The van der Waals surface area contributed by atoms with Crippen LogP contribution >= 0.6 is 0 Å². The molecule has 354 valence electrons. The summed E-state index contributed by atoms with van der Waals surface area (Å²) in [7, 11) is 0. The van der Waals surface area contributed by atoms with Crippen molar-refractivity contribution < 1.29 is 9.59 Å². The highest BCUT2D eigenvalue weighted by molar-refractivity contribution is 6.04. The van der Waals surface area contributed by atoms with Gasteiger partial charge in [-0.25, -0.2) is 0 Å². The van der Waals surface area contributed by atoms with E-state index in [9.17, 15) is 0 Å². The molecular formula is C65H72N2O2. The number of rotatable bonds is 22. The summed E-state index contributed by atoms with van der Waals surface area (Å²) in [5, 5.41) is 0. The van der Waals surface area contributed by atoms with Gasteiger partial charge in [-0.1, -0.05) is 217 Å². The maximum Gasteiger partial charge on any atom is 0.183 e. The van der Waals surface area contributed by atoms with Gasteiger partial charge < -0.3 is 0 Å². The molecule has 2 atom stereocenters. The van der Waals surface area contributed by atoms with Crippen LogP contribution in [0.15, 0.2) is 176 Å². The van der Waals surface area contributed by atoms with Gasteiger partial charge in [-0.15, -0.1) is 0 Å². The van der Waals surface area contributed by atoms with Crippen molar-refractivity contribution in [2.24, 2.45) is 0 Å². The van der Waals surface area contributed by atoms with Gasteiger partial charge in [0.25, 0.3) is 0 Å². The van der Waals surface area contributed by atoms with Crippen LogP contribution in [-0.4, -0.2) is 58.6 Å². The average Bonchev–Trinajstić information content (AvgIpc) is 3.65. The number of carbonyl (C=O) groups excluding carboxylic acids is 2. The molecule has 0 spiro atoms. The Morgan fingerprint density at radius 1 is 0.435 bits per heavy atom. The summed E-state index contributed by atoms with van der Waals surface area (Å²) in [6.45, 7) is 18.4. The largest absolute Gasteiger partial charge is 0.292 e. The maximum atomic E-state index is 15.0. The summed E-state index contributed by atoms with van der Waals surface area (Å²) < 4.78 is 0. The quantitative estimate of drug-likeness (QED) is 0.0635. The zero-order chi connectivity index (χ0) is 48.6. The molecule has 0 amide bonds. The Labute approximate surface area is 413 Å². The van der Waals surface area contributed by atoms with Crippen LogP contribution in [0.25, 0.3) is 11.1 Å². The molecular weight excluding hydrogens is 841 g/mol. The van der Waals surface area contributed by atoms with Crippen LogP contribution in [0.4, 0.5) is 0 Å². The van der Waals surface area contributed by atoms with Crippen LogP contribution in [0, 0.1) is 6.92 Å². The van der Waals surface area contributed by atoms with E-state index in [0.29, 0.717) is 12.8 Å². The lowest BCUT2D eigenvalue weighted by atomic mass is 9.69. The normalized spacial score (nSPS) is 15.9. The second-order valence-electron chi connectivity index (χ2n) is 19.5. The SMILES string of the molecule is CCN(CC)C(CC)(Cc1ccccc1)C(=O)c1ccc(CC2(Cc3ccc(C(=O)C(CC)(Cc4ccccc4)N(CC)CC)cc3)c3ccccc3-c3ccc(Cc4ccccc4C)cc32)cc1. The highest BCUT2D eigenvalue weighted by Crippen LogP contribution is 2.53. The topological polar surface area (TPSA) is 40.6 Å². The summed E-state index contributed by atoms with van der Waals surface area (Å²) in [4.78, 5) is 34.7. The number of fused-ring (bicyclic) bond motifs is 3. The van der Waals surface area contributed by atoms with Crippen LogP contribution in [0.3, 0.4) is 0 Å². The second kappa shape index (κ2) is 21.6. The Kier molecular flexibility index (Phi) is 15.4. The zero-order valence-electron chi connectivity index (χ0n) is 42.2. The monoisotopic (exact) mass is 913 g/mol. The Balaban J connectivity index is 1.20. The summed E-state index contributed by atoms with van der Waals surface area (Å²) in [5.74, 6) is 0.366. The molecule has 69 heavy (non-hydrogen) atoms. The lowest BCUT2D eigenvalue weighted by molar-refractivity contribution is 0.0545. The summed E-state index contributed by atoms with van der Waals surface area (Å²) in [5.41, 5.74) is 13.6. The van der Waals surface area contributed by atoms with E-state index < -0.39 is 16.5 Å². The molecule has 8 rings (SSSR count). The van der Waals surface area contributed by atoms with E-state index >= 15 is 9.59 Å². The number of aryl methyl sites for hydroxylation is 1. The Bertz CT molecular complexity index is 2700. The molecule has 2 unspecified atom stereocenters. The van der Waals surface area contributed by atoms with Gasteiger partial charge in [0, 0.05) is 16.5 Å². The van der Waals surface area contributed by atoms with E-state index in [1.54, 1.807) is 0 Å². The lowest BCUT2D eigenvalue weighted by Crippen LogP contribution is -2.55. The number of Topliss-reactive ketones (excluding diaryl/α,β-unsaturated/α-hetero) is 2. The van der Waals surface area contributed by atoms with Gasteiger partial charge in [0.05, 0.1) is 11.1 Å². The standard InChI is InChI=1S/C65H72N2O2/c1-8-64(66(10-3)11-4,46-49-25-16-14-17-26-49)61(68)54-37-32-51(33-38-54)44-63(59-31-23-22-30-57(59)58-41-36-53(43-60(58)63)42-56-29-21-20-24-48(56)7)45-52-34-39-55(40-35-52)62(69)65(9-2,67(12-5)13-6)47-50-27-18-15-19-28-50/h14-41,43H,8-13,42,44-47H2,1-7H3. The van der Waals surface area contributed by atoms with Crippen LogP contribution in [0.5, 0.6) is 0 Å². The first-order chi connectivity index (χ1) is 33.6. The summed E-state index contributed by atoms with van der Waals surface area (Å²) >= 11 is 0. The fraction of sp³-hybridized carbons (Fsp3) is 0.323. The number of carbonyl (C=O) groups is 2. The summed E-state index contributed by atoms with van der Waals surface area (Å²) in [6.07, 6.45) is 5.12. The van der Waals surface area contributed by atoms with Crippen molar-refractivity contribution in [2.75, 3.05) is 26.2 Å². The fourth-order valence-electron chi connectivity index (χ4n) is 12.1. The van der Waals surface area contributed by atoms with Crippen LogP contribution in [-0.2, 0) is 37.5 Å². The van der Waals surface area contributed by atoms with Crippen LogP contribution < -0.4 is 0 Å². The molecule has 0 bridgehead atoms. The van der Waals surface area contributed by atoms with Crippen molar-refractivity contribution in [1.82, 2.24) is 9.80 Å². The van der Waals surface area contributed by atoms with Gasteiger partial charge >= 0.3 is 0 Å². The predicted molar refractivity (Wildman–Crippen MR) is 288 cm³/mol. The molecule has 0 N–H and O–H groups in total. The lowest BCUT2D eigenvalue weighted by Gasteiger charge is -2.42. The zero-order valence-corrected chi connectivity index (χ0v) is 42.2. The van der Waals surface area contributed by atoms with Crippen molar-refractivity contribution in [1.29, 1.82) is 0 Å². The number of hydrogen-bond acceptors (Lipinski definition) is 4. The number of ketones is 2. The molecule has 0 fully saturated rings. The van der Waals surface area contributed by atoms with Gasteiger partial charge in [0.2, 0.25) is 0 Å². The Hall–Kier alpha value is -6.20. The van der Waals surface area contributed by atoms with Crippen molar-refractivity contribution in [2.45, 2.75) is 110 Å². The first-order valence-electron chi connectivity index (χ1n) is 25.7. The predicted octanol–water partition coefficient (Wildman–Crippen LogP) is 14.2. The minimum absolute atomic E-state index is 0.183. The third-order valence-corrected chi connectivity index (χ3v) is 15.9. The molecule has 4 nitrogen and oxygen atoms in total. The molecule has 0 saturated heterocycles. The van der Waals surface area contributed by atoms with Gasteiger partial charge in [0.1, 0.15) is 0 Å². The fourth-order valence-corrected chi connectivity index (χ4v) is 12.1. The first-order valence-corrected chi connectivity index (χ1v) is 25.7. The molecule has 1 aliphatic carbocycles. The number of benzene rings is 7. The van der Waals surface area contributed by atoms with Crippen LogP contribution in [0.1, 0.15) is 125 Å². The molecule has 7 aromatic carbocycles. The summed E-state index contributed by atoms with van der Waals surface area (Å²) in [6, 6.07) is 63.0. The van der Waals surface area contributed by atoms with E-state index in [0.717, 1.165) is 69.4 Å². The van der Waals surface area contributed by atoms with Crippen molar-refractivity contribution in [3.63, 3.8) is 0 Å². The van der Waals surface area contributed by atoms with Crippen molar-refractivity contribution >= 4 is 11.6 Å². The maximum absolute atomic E-state index is 15.0. The third kappa shape index (κ3) is 9.72. The van der Waals surface area contributed by atoms with Crippen molar-refractivity contribution in [3.05, 3.63) is 237 Å². The Morgan fingerprint density at radius 2 is 0.855 bits per heavy atom. The number of likely N-dealkylation sites (N-methyl/N-ethyl adjacent to an activating group) is 2. The third-order valence-electron chi connectivity index (χ3n) is 15.9. The molecule has 7 aromatic rings. The molecule has 4 heteroatoms. The van der Waals surface area contributed by atoms with E-state index in [1.165, 1.54) is 61.2 Å². The molecule has 0 saturated carbocycles. The van der Waals surface area contributed by atoms with Gasteiger partial charge in [-0.3, -0.25) is 19.4 Å². The highest BCUT2D eigenvalue weighted by atomic mass is 16.1. The number of nitrogens with zero attached hydrogens (tertiary/aromatic N) is 2. The van der Waals surface area contributed by atoms with Gasteiger partial charge in [-0.2, -0.15) is 0 Å². The minimum Gasteiger partial charge on any atom is -0.292 e. The molecule has 1 aliphatic rings. The van der Waals surface area contributed by atoms with Crippen LogP contribution in [0.2, 0.25) is 0 Å². The molecule has 0 aliphatic heterocycles. The van der Waals surface area contributed by atoms with E-state index in [2.05, 4.69) is 222 Å². The van der Waals surface area contributed by atoms with E-state index in [4.69, 9.17) is 0 Å². The van der Waals surface area contributed by atoms with Gasteiger partial charge in [-0.05, 0) is 139 Å². The van der Waals surface area contributed by atoms with E-state index in [1.807, 2.05) is 12.1 Å². The highest BCUT2D eigenvalue weighted by Gasteiger charge is 2.45. The molecule has 0 aromatic heterocycles. The second-order valence-corrected chi connectivity index (χ2v) is 19.5. The van der Waals surface area contributed by atoms with Crippen molar-refractivity contribution in [3.8, 4) is 11.1 Å². The number of hydrogen-bond donors (Lipinski definition) is 0. The average molecular weight is 913 g/mol. The Morgan fingerprint density at radius 3 is 1.32 bits per heavy atom. The smallest absolute Gasteiger partial charge is 0.183 e. The molecule has 0 radical (unpaired) electrons. The minimum atomic E-state index is -0.651. The molecule has 0 heterocycles. The first kappa shape index (κ1) is 49.2. The van der Waals surface area contributed by atoms with E-state index in [-0.39, 0.29) is 11.6 Å².